The second kappa shape index (κ2) is 7.74. The fraction of sp³-hybridized carbons (Fsp3) is 0.200. The predicted octanol–water partition coefficient (Wildman–Crippen LogP) is 3.84. The number of carbonyl (C=O) groups is 1. The summed E-state index contributed by atoms with van der Waals surface area (Å²) < 4.78 is 16.0. The van der Waals surface area contributed by atoms with Gasteiger partial charge in [-0.2, -0.15) is 0 Å². The number of ether oxygens (including phenoxy) is 2. The van der Waals surface area contributed by atoms with Crippen molar-refractivity contribution < 1.29 is 18.7 Å². The van der Waals surface area contributed by atoms with Crippen LogP contribution in [0.5, 0.6) is 11.5 Å². The number of fused-ring (bicyclic) bond motifs is 1. The first kappa shape index (κ1) is 17.5. The highest BCUT2D eigenvalue weighted by Crippen LogP contribution is 2.24. The molecular weight excluding hydrogens is 334 g/mol. The van der Waals surface area contributed by atoms with Crippen molar-refractivity contribution in [1.29, 1.82) is 0 Å². The Bertz CT molecular complexity index is 976. The number of carbonyl (C=O) groups excluding carboxylic acids is 1. The van der Waals surface area contributed by atoms with Crippen LogP contribution in [0.15, 0.2) is 57.7 Å². The zero-order valence-electron chi connectivity index (χ0n) is 14.6. The van der Waals surface area contributed by atoms with Crippen LogP contribution in [0.25, 0.3) is 11.0 Å². The first-order chi connectivity index (χ1) is 12.6. The molecule has 0 saturated heterocycles. The van der Waals surface area contributed by atoms with Crippen LogP contribution in [0.1, 0.15) is 24.2 Å². The highest BCUT2D eigenvalue weighted by Gasteiger charge is 2.14. The van der Waals surface area contributed by atoms with E-state index in [2.05, 4.69) is 5.32 Å². The largest absolute Gasteiger partial charge is 0.494 e. The average Bonchev–Trinajstić information content (AvgIpc) is 2.63. The summed E-state index contributed by atoms with van der Waals surface area (Å²) in [6.07, 6.45) is 0. The van der Waals surface area contributed by atoms with Gasteiger partial charge in [-0.05, 0) is 50.2 Å². The Labute approximate surface area is 150 Å². The average molecular weight is 353 g/mol. The molecule has 1 amide bonds. The summed E-state index contributed by atoms with van der Waals surface area (Å²) in [5.41, 5.74) is 0.558. The Morgan fingerprint density at radius 1 is 0.962 bits per heavy atom. The van der Waals surface area contributed by atoms with Gasteiger partial charge in [-0.3, -0.25) is 4.79 Å². The molecule has 0 aliphatic heterocycles. The molecule has 26 heavy (non-hydrogen) atoms. The fourth-order valence-electron chi connectivity index (χ4n) is 2.59. The molecule has 6 nitrogen and oxygen atoms in total. The molecule has 1 N–H and O–H groups in total. The molecule has 0 aliphatic rings. The summed E-state index contributed by atoms with van der Waals surface area (Å²) in [6.45, 7) is 4.83. The van der Waals surface area contributed by atoms with Crippen molar-refractivity contribution in [3.63, 3.8) is 0 Å². The molecule has 134 valence electrons. The molecule has 0 bridgehead atoms. The Hall–Kier alpha value is -3.28. The minimum atomic E-state index is -0.594. The van der Waals surface area contributed by atoms with E-state index in [1.807, 2.05) is 13.8 Å². The van der Waals surface area contributed by atoms with E-state index >= 15 is 0 Å². The van der Waals surface area contributed by atoms with Gasteiger partial charge in [0.05, 0.1) is 18.8 Å². The zero-order valence-corrected chi connectivity index (χ0v) is 14.6. The maximum atomic E-state index is 12.6. The number of benzene rings is 2. The van der Waals surface area contributed by atoms with E-state index < -0.39 is 11.5 Å². The van der Waals surface area contributed by atoms with Crippen LogP contribution in [0.3, 0.4) is 0 Å². The van der Waals surface area contributed by atoms with E-state index in [9.17, 15) is 9.59 Å². The van der Waals surface area contributed by atoms with Crippen molar-refractivity contribution in [2.45, 2.75) is 13.8 Å². The molecule has 0 unspecified atom stereocenters. The van der Waals surface area contributed by atoms with Gasteiger partial charge < -0.3 is 19.2 Å². The van der Waals surface area contributed by atoms with E-state index in [-0.39, 0.29) is 5.56 Å². The van der Waals surface area contributed by atoms with Gasteiger partial charge >= 0.3 is 5.63 Å². The normalized spacial score (nSPS) is 10.5. The van der Waals surface area contributed by atoms with E-state index in [0.717, 1.165) is 5.75 Å². The van der Waals surface area contributed by atoms with Crippen molar-refractivity contribution >= 4 is 22.6 Å². The topological polar surface area (TPSA) is 77.8 Å². The molecule has 0 radical (unpaired) electrons. The maximum Gasteiger partial charge on any atom is 0.337 e. The van der Waals surface area contributed by atoms with E-state index in [0.29, 0.717) is 35.6 Å². The van der Waals surface area contributed by atoms with Crippen LogP contribution in [0, 0.1) is 0 Å². The summed E-state index contributed by atoms with van der Waals surface area (Å²) in [5, 5.41) is 3.32. The van der Waals surface area contributed by atoms with Crippen molar-refractivity contribution in [1.82, 2.24) is 0 Å². The maximum absolute atomic E-state index is 12.6. The van der Waals surface area contributed by atoms with Crippen LogP contribution in [0.2, 0.25) is 0 Å². The number of amides is 1. The lowest BCUT2D eigenvalue weighted by molar-refractivity contribution is 0.102. The summed E-state index contributed by atoms with van der Waals surface area (Å²) in [7, 11) is 0. The standard InChI is InChI=1S/C20H19NO5/c1-3-24-14-7-5-13(6-8-14)21-20(23)17-12-19(22)26-18-11-15(25-4-2)9-10-16(17)18/h5-12H,3-4H2,1-2H3,(H,21,23). The summed E-state index contributed by atoms with van der Waals surface area (Å²) in [6, 6.07) is 13.2. The van der Waals surface area contributed by atoms with Gasteiger partial charge in [0, 0.05) is 23.2 Å². The SMILES string of the molecule is CCOc1ccc(NC(=O)c2cc(=O)oc3cc(OCC)ccc23)cc1. The summed E-state index contributed by atoms with van der Waals surface area (Å²) >= 11 is 0. The van der Waals surface area contributed by atoms with E-state index in [4.69, 9.17) is 13.9 Å². The van der Waals surface area contributed by atoms with E-state index in [1.54, 1.807) is 42.5 Å². The van der Waals surface area contributed by atoms with Crippen molar-refractivity contribution in [2.24, 2.45) is 0 Å². The van der Waals surface area contributed by atoms with Gasteiger partial charge in [-0.25, -0.2) is 4.79 Å². The molecule has 1 heterocycles. The number of nitrogens with one attached hydrogen (secondary N) is 1. The van der Waals surface area contributed by atoms with Crippen LogP contribution in [0.4, 0.5) is 5.69 Å². The van der Waals surface area contributed by atoms with Crippen molar-refractivity contribution in [3.8, 4) is 11.5 Å². The molecule has 0 atom stereocenters. The van der Waals surface area contributed by atoms with Gasteiger partial charge in [0.2, 0.25) is 0 Å². The third-order valence-corrected chi connectivity index (χ3v) is 3.69. The quantitative estimate of drug-likeness (QED) is 0.681. The molecule has 1 aromatic heterocycles. The molecule has 3 aromatic rings. The lowest BCUT2D eigenvalue weighted by atomic mass is 10.1. The number of hydrogen-bond donors (Lipinski definition) is 1. The van der Waals surface area contributed by atoms with Crippen LogP contribution >= 0.6 is 0 Å². The van der Waals surface area contributed by atoms with Crippen molar-refractivity contribution in [3.05, 3.63) is 64.5 Å². The first-order valence-electron chi connectivity index (χ1n) is 8.35. The Balaban J connectivity index is 1.90. The highest BCUT2D eigenvalue weighted by molar-refractivity contribution is 6.12. The molecule has 0 aliphatic carbocycles. The molecule has 6 heteroatoms. The number of anilines is 1. The van der Waals surface area contributed by atoms with E-state index in [1.165, 1.54) is 6.07 Å². The van der Waals surface area contributed by atoms with Gasteiger partial charge in [0.25, 0.3) is 5.91 Å². The van der Waals surface area contributed by atoms with Gasteiger partial charge in [0.1, 0.15) is 17.1 Å². The minimum absolute atomic E-state index is 0.244. The van der Waals surface area contributed by atoms with Gasteiger partial charge in [-0.15, -0.1) is 0 Å². The molecular formula is C20H19NO5. The Kier molecular flexibility index (Phi) is 5.22. The van der Waals surface area contributed by atoms with Crippen LogP contribution < -0.4 is 20.4 Å². The van der Waals surface area contributed by atoms with Crippen LogP contribution in [-0.4, -0.2) is 19.1 Å². The summed E-state index contributed by atoms with van der Waals surface area (Å²) in [4.78, 5) is 24.5. The lowest BCUT2D eigenvalue weighted by Gasteiger charge is -2.09. The van der Waals surface area contributed by atoms with Crippen LogP contribution in [-0.2, 0) is 0 Å². The Morgan fingerprint density at radius 3 is 2.31 bits per heavy atom. The number of rotatable bonds is 6. The third-order valence-electron chi connectivity index (χ3n) is 3.69. The zero-order chi connectivity index (χ0) is 18.5. The van der Waals surface area contributed by atoms with Crippen molar-refractivity contribution in [2.75, 3.05) is 18.5 Å². The number of hydrogen-bond acceptors (Lipinski definition) is 5. The summed E-state index contributed by atoms with van der Waals surface area (Å²) in [5.74, 6) is 0.906. The predicted molar refractivity (Wildman–Crippen MR) is 99.2 cm³/mol. The Morgan fingerprint density at radius 2 is 1.62 bits per heavy atom. The first-order valence-corrected chi connectivity index (χ1v) is 8.35. The highest BCUT2D eigenvalue weighted by atomic mass is 16.5. The fourth-order valence-corrected chi connectivity index (χ4v) is 2.59. The molecule has 0 fully saturated rings. The molecule has 3 rings (SSSR count). The van der Waals surface area contributed by atoms with Gasteiger partial charge in [-0.1, -0.05) is 0 Å². The second-order valence-corrected chi connectivity index (χ2v) is 5.48. The second-order valence-electron chi connectivity index (χ2n) is 5.48. The molecule has 2 aromatic carbocycles. The smallest absolute Gasteiger partial charge is 0.337 e. The lowest BCUT2D eigenvalue weighted by Crippen LogP contribution is -2.15. The minimum Gasteiger partial charge on any atom is -0.494 e. The van der Waals surface area contributed by atoms with Gasteiger partial charge in [0.15, 0.2) is 0 Å². The monoisotopic (exact) mass is 353 g/mol. The molecule has 0 spiro atoms. The third kappa shape index (κ3) is 3.85. The molecule has 0 saturated carbocycles.